The highest BCUT2D eigenvalue weighted by Crippen LogP contribution is 2.26. The van der Waals surface area contributed by atoms with Crippen LogP contribution in [0.5, 0.6) is 0 Å². The molecule has 24 heavy (non-hydrogen) atoms. The van der Waals surface area contributed by atoms with Crippen molar-refractivity contribution in [1.29, 1.82) is 0 Å². The number of nitrogens with one attached hydrogen (secondary N) is 2. The predicted octanol–water partition coefficient (Wildman–Crippen LogP) is 2.95. The van der Waals surface area contributed by atoms with Gasteiger partial charge in [0.25, 0.3) is 0 Å². The first-order chi connectivity index (χ1) is 11.8. The summed E-state index contributed by atoms with van der Waals surface area (Å²) in [6, 6.07) is 8.43. The third-order valence-corrected chi connectivity index (χ3v) is 5.41. The minimum absolute atomic E-state index is 0.0748. The number of para-hydroxylation sites is 1. The maximum Gasteiger partial charge on any atom is 0.224 e. The van der Waals surface area contributed by atoms with E-state index in [2.05, 4.69) is 26.3 Å². The number of anilines is 1. The molecule has 1 aliphatic heterocycles. The maximum absolute atomic E-state index is 12.3. The van der Waals surface area contributed by atoms with Crippen LogP contribution in [0.2, 0.25) is 0 Å². The number of hydrogen-bond acceptors (Lipinski definition) is 4. The van der Waals surface area contributed by atoms with Crippen LogP contribution in [0, 0.1) is 0 Å². The molecule has 1 amide bonds. The summed E-state index contributed by atoms with van der Waals surface area (Å²) >= 11 is 1.66. The number of aromatic nitrogens is 2. The lowest BCUT2D eigenvalue weighted by atomic mass is 10.1. The SMILES string of the molecule is O=C(Cc1c[nH]c2ccccc12)NC[C@H]1CCCN1c1nccs1. The predicted molar refractivity (Wildman–Crippen MR) is 97.5 cm³/mol. The van der Waals surface area contributed by atoms with Crippen molar-refractivity contribution >= 4 is 33.3 Å². The highest BCUT2D eigenvalue weighted by molar-refractivity contribution is 7.13. The van der Waals surface area contributed by atoms with Crippen molar-refractivity contribution in [1.82, 2.24) is 15.3 Å². The molecule has 3 aromatic rings. The van der Waals surface area contributed by atoms with Crippen molar-refractivity contribution in [2.45, 2.75) is 25.3 Å². The van der Waals surface area contributed by atoms with Gasteiger partial charge in [0.05, 0.1) is 6.42 Å². The molecule has 0 unspecified atom stereocenters. The zero-order valence-electron chi connectivity index (χ0n) is 13.4. The number of nitrogens with zero attached hydrogens (tertiary/aromatic N) is 2. The molecule has 5 nitrogen and oxygen atoms in total. The Hall–Kier alpha value is -2.34. The Labute approximate surface area is 144 Å². The van der Waals surface area contributed by atoms with Crippen LogP contribution >= 0.6 is 11.3 Å². The maximum atomic E-state index is 12.3. The van der Waals surface area contributed by atoms with E-state index in [0.717, 1.165) is 41.0 Å². The Morgan fingerprint density at radius 2 is 2.33 bits per heavy atom. The monoisotopic (exact) mass is 340 g/mol. The van der Waals surface area contributed by atoms with E-state index in [4.69, 9.17) is 0 Å². The first kappa shape index (κ1) is 15.2. The van der Waals surface area contributed by atoms with Gasteiger partial charge in [-0.3, -0.25) is 4.79 Å². The van der Waals surface area contributed by atoms with E-state index in [1.807, 2.05) is 36.0 Å². The second-order valence-corrected chi connectivity index (χ2v) is 7.02. The number of carbonyl (C=O) groups is 1. The summed E-state index contributed by atoms with van der Waals surface area (Å²) in [4.78, 5) is 22.3. The van der Waals surface area contributed by atoms with Crippen LogP contribution in [0.25, 0.3) is 10.9 Å². The Bertz CT molecular complexity index is 827. The largest absolute Gasteiger partial charge is 0.361 e. The molecule has 124 valence electrons. The lowest BCUT2D eigenvalue weighted by molar-refractivity contribution is -0.120. The van der Waals surface area contributed by atoms with Crippen molar-refractivity contribution in [3.8, 4) is 0 Å². The molecule has 6 heteroatoms. The van der Waals surface area contributed by atoms with Gasteiger partial charge in [0.1, 0.15) is 0 Å². The van der Waals surface area contributed by atoms with Crippen LogP contribution in [-0.2, 0) is 11.2 Å². The molecule has 3 heterocycles. The van der Waals surface area contributed by atoms with Gasteiger partial charge in [-0.25, -0.2) is 4.98 Å². The standard InChI is InChI=1S/C18H20N4OS/c23-17(10-13-11-20-16-6-2-1-5-15(13)16)21-12-14-4-3-8-22(14)18-19-7-9-24-18/h1-2,5-7,9,11,14,20H,3-4,8,10,12H2,(H,21,23)/t14-/m1/s1. The summed E-state index contributed by atoms with van der Waals surface area (Å²) in [5, 5.41) is 7.28. The minimum atomic E-state index is 0.0748. The molecule has 4 rings (SSSR count). The minimum Gasteiger partial charge on any atom is -0.361 e. The third-order valence-electron chi connectivity index (χ3n) is 4.60. The summed E-state index contributed by atoms with van der Waals surface area (Å²) in [5.74, 6) is 0.0748. The molecule has 1 aromatic carbocycles. The van der Waals surface area contributed by atoms with Crippen molar-refractivity contribution in [2.24, 2.45) is 0 Å². The molecule has 0 bridgehead atoms. The van der Waals surface area contributed by atoms with Gasteiger partial charge in [-0.1, -0.05) is 18.2 Å². The molecule has 1 saturated heterocycles. The van der Waals surface area contributed by atoms with Crippen molar-refractivity contribution in [2.75, 3.05) is 18.0 Å². The molecule has 1 atom stereocenters. The average Bonchev–Trinajstić information content (AvgIpc) is 3.33. The van der Waals surface area contributed by atoms with E-state index in [1.165, 1.54) is 0 Å². The number of carbonyl (C=O) groups excluding carboxylic acids is 1. The topological polar surface area (TPSA) is 61.0 Å². The van der Waals surface area contributed by atoms with Gasteiger partial charge in [-0.2, -0.15) is 0 Å². The number of thiazole rings is 1. The van der Waals surface area contributed by atoms with Gasteiger partial charge in [0, 0.05) is 47.8 Å². The summed E-state index contributed by atoms with van der Waals surface area (Å²) < 4.78 is 0. The van der Waals surface area contributed by atoms with Crippen LogP contribution in [-0.4, -0.2) is 35.0 Å². The van der Waals surface area contributed by atoms with E-state index >= 15 is 0 Å². The number of H-pyrrole nitrogens is 1. The van der Waals surface area contributed by atoms with Gasteiger partial charge in [-0.05, 0) is 24.5 Å². The van der Waals surface area contributed by atoms with Crippen LogP contribution in [0.15, 0.2) is 42.0 Å². The Balaban J connectivity index is 1.36. The molecule has 0 aliphatic carbocycles. The highest BCUT2D eigenvalue weighted by Gasteiger charge is 2.26. The molecule has 2 N–H and O–H groups in total. The van der Waals surface area contributed by atoms with E-state index in [9.17, 15) is 4.79 Å². The zero-order valence-corrected chi connectivity index (χ0v) is 14.2. The van der Waals surface area contributed by atoms with Crippen molar-refractivity contribution in [3.05, 3.63) is 47.6 Å². The number of aromatic amines is 1. The first-order valence-electron chi connectivity index (χ1n) is 8.29. The van der Waals surface area contributed by atoms with Gasteiger partial charge in [0.15, 0.2) is 5.13 Å². The van der Waals surface area contributed by atoms with E-state index in [0.29, 0.717) is 19.0 Å². The third kappa shape index (κ3) is 3.01. The number of amides is 1. The molecule has 0 radical (unpaired) electrons. The number of benzene rings is 1. The zero-order chi connectivity index (χ0) is 16.4. The van der Waals surface area contributed by atoms with E-state index in [1.54, 1.807) is 11.3 Å². The molecular formula is C18H20N4OS. The van der Waals surface area contributed by atoms with Crippen LogP contribution in [0.1, 0.15) is 18.4 Å². The molecule has 2 aromatic heterocycles. The van der Waals surface area contributed by atoms with Crippen LogP contribution < -0.4 is 10.2 Å². The first-order valence-corrected chi connectivity index (χ1v) is 9.17. The van der Waals surface area contributed by atoms with Gasteiger partial charge in [-0.15, -0.1) is 11.3 Å². The normalized spacial score (nSPS) is 17.5. The van der Waals surface area contributed by atoms with E-state index < -0.39 is 0 Å². The Morgan fingerprint density at radius 3 is 3.21 bits per heavy atom. The summed E-state index contributed by atoms with van der Waals surface area (Å²) in [5.41, 5.74) is 2.12. The molecule has 0 saturated carbocycles. The molecular weight excluding hydrogens is 320 g/mol. The fourth-order valence-corrected chi connectivity index (χ4v) is 4.14. The lowest BCUT2D eigenvalue weighted by Gasteiger charge is -2.24. The lowest BCUT2D eigenvalue weighted by Crippen LogP contribution is -2.40. The molecule has 1 fully saturated rings. The fraction of sp³-hybridized carbons (Fsp3) is 0.333. The summed E-state index contributed by atoms with van der Waals surface area (Å²) in [7, 11) is 0. The summed E-state index contributed by atoms with van der Waals surface area (Å²) in [6.45, 7) is 1.71. The van der Waals surface area contributed by atoms with Gasteiger partial charge < -0.3 is 15.2 Å². The van der Waals surface area contributed by atoms with Gasteiger partial charge >= 0.3 is 0 Å². The Kier molecular flexibility index (Phi) is 4.21. The highest BCUT2D eigenvalue weighted by atomic mass is 32.1. The Morgan fingerprint density at radius 1 is 1.42 bits per heavy atom. The fourth-order valence-electron chi connectivity index (χ4n) is 3.40. The second-order valence-electron chi connectivity index (χ2n) is 6.14. The number of fused-ring (bicyclic) bond motifs is 1. The van der Waals surface area contributed by atoms with Crippen molar-refractivity contribution < 1.29 is 4.79 Å². The quantitative estimate of drug-likeness (QED) is 0.751. The smallest absolute Gasteiger partial charge is 0.224 e. The summed E-state index contributed by atoms with van der Waals surface area (Å²) in [6.07, 6.45) is 6.44. The number of rotatable bonds is 5. The van der Waals surface area contributed by atoms with Crippen LogP contribution in [0.4, 0.5) is 5.13 Å². The van der Waals surface area contributed by atoms with E-state index in [-0.39, 0.29) is 5.91 Å². The molecule has 0 spiro atoms. The number of hydrogen-bond donors (Lipinski definition) is 2. The van der Waals surface area contributed by atoms with Crippen molar-refractivity contribution in [3.63, 3.8) is 0 Å². The van der Waals surface area contributed by atoms with Crippen LogP contribution in [0.3, 0.4) is 0 Å². The second kappa shape index (κ2) is 6.65. The molecule has 1 aliphatic rings. The van der Waals surface area contributed by atoms with Gasteiger partial charge in [0.2, 0.25) is 5.91 Å². The average molecular weight is 340 g/mol.